The first-order valence-electron chi connectivity index (χ1n) is 9.41. The second kappa shape index (κ2) is 10.0. The van der Waals surface area contributed by atoms with Crippen molar-refractivity contribution in [3.05, 3.63) is 29.3 Å². The molecular formula is C20H30N2O4. The van der Waals surface area contributed by atoms with E-state index in [1.165, 1.54) is 0 Å². The number of piperidine rings is 1. The Morgan fingerprint density at radius 1 is 1.23 bits per heavy atom. The molecule has 0 aliphatic carbocycles. The molecule has 0 bridgehead atoms. The Bertz CT molecular complexity index is 610. The number of rotatable bonds is 7. The average molecular weight is 362 g/mol. The molecule has 1 aromatic carbocycles. The number of hydrogen-bond donors (Lipinski definition) is 1. The smallest absolute Gasteiger partial charge is 0.409 e. The molecule has 144 valence electrons. The monoisotopic (exact) mass is 362 g/mol. The van der Waals surface area contributed by atoms with Crippen LogP contribution in [0.25, 0.3) is 0 Å². The molecule has 1 saturated heterocycles. The van der Waals surface area contributed by atoms with Crippen molar-refractivity contribution in [3.63, 3.8) is 0 Å². The van der Waals surface area contributed by atoms with Crippen molar-refractivity contribution in [1.29, 1.82) is 0 Å². The second-order valence-corrected chi connectivity index (χ2v) is 6.78. The van der Waals surface area contributed by atoms with E-state index in [2.05, 4.69) is 12.2 Å². The third-order valence-electron chi connectivity index (χ3n) is 4.76. The first-order valence-corrected chi connectivity index (χ1v) is 9.41. The number of benzene rings is 1. The molecule has 2 amide bonds. The zero-order valence-electron chi connectivity index (χ0n) is 16.0. The van der Waals surface area contributed by atoms with E-state index in [0.29, 0.717) is 19.7 Å². The van der Waals surface area contributed by atoms with Gasteiger partial charge >= 0.3 is 6.09 Å². The topological polar surface area (TPSA) is 67.9 Å². The number of nitrogens with zero attached hydrogens (tertiary/aromatic N) is 1. The third-order valence-corrected chi connectivity index (χ3v) is 4.76. The molecule has 26 heavy (non-hydrogen) atoms. The summed E-state index contributed by atoms with van der Waals surface area (Å²) in [6, 6.07) is 5.89. The van der Waals surface area contributed by atoms with Gasteiger partial charge in [-0.3, -0.25) is 4.79 Å². The highest BCUT2D eigenvalue weighted by atomic mass is 16.6. The number of carbonyl (C=O) groups is 2. The maximum Gasteiger partial charge on any atom is 0.409 e. The molecule has 0 radical (unpaired) electrons. The fourth-order valence-electron chi connectivity index (χ4n) is 2.89. The zero-order valence-corrected chi connectivity index (χ0v) is 16.0. The molecule has 1 heterocycles. The van der Waals surface area contributed by atoms with Gasteiger partial charge in [-0.2, -0.15) is 0 Å². The summed E-state index contributed by atoms with van der Waals surface area (Å²) >= 11 is 0. The quantitative estimate of drug-likeness (QED) is 0.757. The minimum atomic E-state index is -0.249. The van der Waals surface area contributed by atoms with Crippen LogP contribution in [-0.4, -0.2) is 49.2 Å². The van der Waals surface area contributed by atoms with Crippen LogP contribution in [0.3, 0.4) is 0 Å². The van der Waals surface area contributed by atoms with Crippen molar-refractivity contribution in [2.45, 2.75) is 52.5 Å². The van der Waals surface area contributed by atoms with Crippen molar-refractivity contribution in [2.24, 2.45) is 0 Å². The Morgan fingerprint density at radius 3 is 2.65 bits per heavy atom. The summed E-state index contributed by atoms with van der Waals surface area (Å²) in [5.74, 6) is 0.611. The van der Waals surface area contributed by atoms with Gasteiger partial charge in [-0.25, -0.2) is 4.79 Å². The molecule has 1 fully saturated rings. The molecule has 0 saturated carbocycles. The van der Waals surface area contributed by atoms with E-state index in [9.17, 15) is 9.59 Å². The molecule has 6 heteroatoms. The summed E-state index contributed by atoms with van der Waals surface area (Å²) in [6.07, 6.45) is 3.11. The fourth-order valence-corrected chi connectivity index (χ4v) is 2.89. The zero-order chi connectivity index (χ0) is 18.9. The van der Waals surface area contributed by atoms with Crippen molar-refractivity contribution in [3.8, 4) is 5.75 Å². The van der Waals surface area contributed by atoms with Gasteiger partial charge in [-0.15, -0.1) is 0 Å². The van der Waals surface area contributed by atoms with E-state index in [-0.39, 0.29) is 24.6 Å². The molecule has 1 aliphatic heterocycles. The second-order valence-electron chi connectivity index (χ2n) is 6.78. The Hall–Kier alpha value is -2.24. The molecule has 1 aliphatic rings. The number of hydrogen-bond acceptors (Lipinski definition) is 4. The Balaban J connectivity index is 1.69. The standard InChI is InChI=1S/C20H30N2O4/c1-4-5-13-25-20(24)22-11-9-17(10-12-22)21-19(23)14-26-18-8-6-7-15(2)16(18)3/h6-8,17H,4-5,9-14H2,1-3H3,(H,21,23). The Labute approximate surface area is 155 Å². The highest BCUT2D eigenvalue weighted by Gasteiger charge is 2.24. The number of amides is 2. The van der Waals surface area contributed by atoms with Crippen LogP contribution in [0, 0.1) is 13.8 Å². The van der Waals surface area contributed by atoms with E-state index in [1.54, 1.807) is 4.90 Å². The van der Waals surface area contributed by atoms with Gasteiger partial charge in [0, 0.05) is 19.1 Å². The van der Waals surface area contributed by atoms with Gasteiger partial charge in [0.25, 0.3) is 5.91 Å². The lowest BCUT2D eigenvalue weighted by Crippen LogP contribution is -2.47. The predicted molar refractivity (Wildman–Crippen MR) is 100 cm³/mol. The van der Waals surface area contributed by atoms with Crippen molar-refractivity contribution in [2.75, 3.05) is 26.3 Å². The van der Waals surface area contributed by atoms with Gasteiger partial charge in [0.2, 0.25) is 0 Å². The molecule has 0 spiro atoms. The van der Waals surface area contributed by atoms with Gasteiger partial charge in [0.15, 0.2) is 6.61 Å². The molecule has 0 atom stereocenters. The number of unbranched alkanes of at least 4 members (excludes halogenated alkanes) is 1. The van der Waals surface area contributed by atoms with Crippen LogP contribution in [0.5, 0.6) is 5.75 Å². The SMILES string of the molecule is CCCCOC(=O)N1CCC(NC(=O)COc2cccc(C)c2C)CC1. The lowest BCUT2D eigenvalue weighted by Gasteiger charge is -2.31. The number of likely N-dealkylation sites (tertiary alicyclic amines) is 1. The molecule has 6 nitrogen and oxygen atoms in total. The number of nitrogens with one attached hydrogen (secondary N) is 1. The first kappa shape index (κ1) is 20.1. The van der Waals surface area contributed by atoms with Gasteiger partial charge < -0.3 is 19.7 Å². The van der Waals surface area contributed by atoms with E-state index < -0.39 is 0 Å². The van der Waals surface area contributed by atoms with Gasteiger partial charge in [0.05, 0.1) is 6.61 Å². The van der Waals surface area contributed by atoms with Crippen LogP contribution in [0.15, 0.2) is 18.2 Å². The van der Waals surface area contributed by atoms with Gasteiger partial charge in [-0.05, 0) is 50.3 Å². The van der Waals surface area contributed by atoms with Crippen LogP contribution in [0.1, 0.15) is 43.7 Å². The predicted octanol–water partition coefficient (Wildman–Crippen LogP) is 3.20. The molecule has 1 aromatic rings. The van der Waals surface area contributed by atoms with Crippen molar-refractivity contribution >= 4 is 12.0 Å². The molecule has 1 N–H and O–H groups in total. The summed E-state index contributed by atoms with van der Waals surface area (Å²) in [5, 5.41) is 2.99. The van der Waals surface area contributed by atoms with Crippen LogP contribution in [0.4, 0.5) is 4.79 Å². The van der Waals surface area contributed by atoms with Crippen LogP contribution in [0.2, 0.25) is 0 Å². The highest BCUT2D eigenvalue weighted by Crippen LogP contribution is 2.20. The lowest BCUT2D eigenvalue weighted by atomic mass is 10.1. The number of aryl methyl sites for hydroxylation is 1. The minimum absolute atomic E-state index is 0.00354. The maximum absolute atomic E-state index is 12.1. The van der Waals surface area contributed by atoms with E-state index in [4.69, 9.17) is 9.47 Å². The number of carbonyl (C=O) groups excluding carboxylic acids is 2. The summed E-state index contributed by atoms with van der Waals surface area (Å²) in [6.45, 7) is 7.75. The molecule has 0 unspecified atom stereocenters. The highest BCUT2D eigenvalue weighted by molar-refractivity contribution is 5.78. The summed E-state index contributed by atoms with van der Waals surface area (Å²) < 4.78 is 10.9. The minimum Gasteiger partial charge on any atom is -0.483 e. The third kappa shape index (κ3) is 5.93. The number of ether oxygens (including phenoxy) is 2. The van der Waals surface area contributed by atoms with Gasteiger partial charge in [-0.1, -0.05) is 25.5 Å². The van der Waals surface area contributed by atoms with Crippen LogP contribution in [-0.2, 0) is 9.53 Å². The van der Waals surface area contributed by atoms with Crippen molar-refractivity contribution < 1.29 is 19.1 Å². The largest absolute Gasteiger partial charge is 0.483 e. The van der Waals surface area contributed by atoms with Crippen LogP contribution >= 0.6 is 0 Å². The molecular weight excluding hydrogens is 332 g/mol. The van der Waals surface area contributed by atoms with Crippen molar-refractivity contribution in [1.82, 2.24) is 10.2 Å². The molecule has 2 rings (SSSR count). The Morgan fingerprint density at radius 2 is 1.96 bits per heavy atom. The average Bonchev–Trinajstić information content (AvgIpc) is 2.63. The van der Waals surface area contributed by atoms with Gasteiger partial charge in [0.1, 0.15) is 5.75 Å². The van der Waals surface area contributed by atoms with E-state index >= 15 is 0 Å². The Kier molecular flexibility index (Phi) is 7.75. The summed E-state index contributed by atoms with van der Waals surface area (Å²) in [7, 11) is 0. The lowest BCUT2D eigenvalue weighted by molar-refractivity contribution is -0.124. The normalized spacial score (nSPS) is 14.8. The summed E-state index contributed by atoms with van der Waals surface area (Å²) in [5.41, 5.74) is 2.19. The fraction of sp³-hybridized carbons (Fsp3) is 0.600. The van der Waals surface area contributed by atoms with E-state index in [1.807, 2.05) is 32.0 Å². The van der Waals surface area contributed by atoms with Crippen LogP contribution < -0.4 is 10.1 Å². The molecule has 0 aromatic heterocycles. The first-order chi connectivity index (χ1) is 12.5. The van der Waals surface area contributed by atoms with E-state index in [0.717, 1.165) is 42.6 Å². The summed E-state index contributed by atoms with van der Waals surface area (Å²) in [4.78, 5) is 25.8. The maximum atomic E-state index is 12.1.